The number of para-hydroxylation sites is 1. The Hall–Kier alpha value is -2.33. The Labute approximate surface area is 140 Å². The number of benzene rings is 2. The van der Waals surface area contributed by atoms with Gasteiger partial charge in [-0.3, -0.25) is 9.59 Å². The van der Waals surface area contributed by atoms with Crippen molar-refractivity contribution in [1.82, 2.24) is 0 Å². The molecule has 0 radical (unpaired) electrons. The van der Waals surface area contributed by atoms with Crippen LogP contribution in [-0.4, -0.2) is 11.9 Å². The molecule has 0 spiro atoms. The molecule has 2 aromatic carbocycles. The number of nitrogens with one attached hydrogen (secondary N) is 1. The van der Waals surface area contributed by atoms with Crippen molar-refractivity contribution in [3.8, 4) is 5.75 Å². The van der Waals surface area contributed by atoms with E-state index in [1.165, 1.54) is 0 Å². The Morgan fingerprint density at radius 1 is 1.13 bits per heavy atom. The second-order valence-electron chi connectivity index (χ2n) is 5.53. The predicted molar refractivity (Wildman–Crippen MR) is 90.9 cm³/mol. The van der Waals surface area contributed by atoms with Crippen molar-refractivity contribution >= 4 is 29.2 Å². The van der Waals surface area contributed by atoms with Crippen molar-refractivity contribution in [3.63, 3.8) is 0 Å². The first-order valence-electron chi connectivity index (χ1n) is 7.32. The summed E-state index contributed by atoms with van der Waals surface area (Å²) in [6.07, 6.45) is 0.296. The average Bonchev–Trinajstić information content (AvgIpc) is 2.46. The SMILES string of the molecule is CC(C)CC(=O)Oc1ccccc1C(=O)Nc1cccc(Cl)c1. The lowest BCUT2D eigenvalue weighted by atomic mass is 10.1. The summed E-state index contributed by atoms with van der Waals surface area (Å²) in [5.41, 5.74) is 0.871. The molecule has 0 saturated carbocycles. The molecule has 0 aromatic heterocycles. The van der Waals surface area contributed by atoms with E-state index in [4.69, 9.17) is 16.3 Å². The maximum absolute atomic E-state index is 12.4. The summed E-state index contributed by atoms with van der Waals surface area (Å²) in [4.78, 5) is 24.2. The van der Waals surface area contributed by atoms with Crippen LogP contribution in [-0.2, 0) is 4.79 Å². The van der Waals surface area contributed by atoms with Crippen LogP contribution in [0.2, 0.25) is 5.02 Å². The van der Waals surface area contributed by atoms with E-state index in [2.05, 4.69) is 5.32 Å². The highest BCUT2D eigenvalue weighted by Gasteiger charge is 2.16. The highest BCUT2D eigenvalue weighted by molar-refractivity contribution is 6.31. The Morgan fingerprint density at radius 3 is 2.57 bits per heavy atom. The van der Waals surface area contributed by atoms with Crippen molar-refractivity contribution in [3.05, 3.63) is 59.1 Å². The zero-order valence-electron chi connectivity index (χ0n) is 13.0. The van der Waals surface area contributed by atoms with Crippen LogP contribution >= 0.6 is 11.6 Å². The molecule has 4 nitrogen and oxygen atoms in total. The van der Waals surface area contributed by atoms with Gasteiger partial charge in [0.1, 0.15) is 5.75 Å². The molecule has 2 aromatic rings. The molecule has 0 heterocycles. The van der Waals surface area contributed by atoms with Crippen LogP contribution in [0.3, 0.4) is 0 Å². The van der Waals surface area contributed by atoms with Crippen LogP contribution in [0.25, 0.3) is 0 Å². The summed E-state index contributed by atoms with van der Waals surface area (Å²) in [7, 11) is 0. The summed E-state index contributed by atoms with van der Waals surface area (Å²) >= 11 is 5.90. The minimum atomic E-state index is -0.361. The van der Waals surface area contributed by atoms with Gasteiger partial charge in [0.15, 0.2) is 0 Å². The number of carbonyl (C=O) groups is 2. The Kier molecular flexibility index (Phi) is 5.77. The standard InChI is InChI=1S/C18H18ClNO3/c1-12(2)10-17(21)23-16-9-4-3-8-15(16)18(22)20-14-7-5-6-13(19)11-14/h3-9,11-12H,10H2,1-2H3,(H,20,22). The molecular formula is C18H18ClNO3. The van der Waals surface area contributed by atoms with Gasteiger partial charge in [-0.05, 0) is 36.2 Å². The number of hydrogen-bond acceptors (Lipinski definition) is 3. The topological polar surface area (TPSA) is 55.4 Å². The third kappa shape index (κ3) is 5.11. The van der Waals surface area contributed by atoms with Gasteiger partial charge in [-0.1, -0.05) is 43.6 Å². The number of hydrogen-bond donors (Lipinski definition) is 1. The van der Waals surface area contributed by atoms with Gasteiger partial charge in [-0.2, -0.15) is 0 Å². The van der Waals surface area contributed by atoms with Gasteiger partial charge in [0.05, 0.1) is 5.56 Å². The van der Waals surface area contributed by atoms with Crippen LogP contribution in [0.1, 0.15) is 30.6 Å². The highest BCUT2D eigenvalue weighted by atomic mass is 35.5. The molecule has 120 valence electrons. The van der Waals surface area contributed by atoms with Crippen LogP contribution in [0, 0.1) is 5.92 Å². The number of rotatable bonds is 5. The van der Waals surface area contributed by atoms with Crippen molar-refractivity contribution in [1.29, 1.82) is 0 Å². The van der Waals surface area contributed by atoms with E-state index in [9.17, 15) is 9.59 Å². The third-order valence-electron chi connectivity index (χ3n) is 3.01. The Bertz CT molecular complexity index is 713. The zero-order chi connectivity index (χ0) is 16.8. The Morgan fingerprint density at radius 2 is 1.87 bits per heavy atom. The molecule has 5 heteroatoms. The second-order valence-corrected chi connectivity index (χ2v) is 5.97. The smallest absolute Gasteiger partial charge is 0.311 e. The summed E-state index contributed by atoms with van der Waals surface area (Å²) in [6, 6.07) is 13.5. The fourth-order valence-corrected chi connectivity index (χ4v) is 2.20. The number of amides is 1. The van der Waals surface area contributed by atoms with Crippen molar-refractivity contribution in [2.75, 3.05) is 5.32 Å². The van der Waals surface area contributed by atoms with E-state index in [0.717, 1.165) is 0 Å². The number of ether oxygens (including phenoxy) is 1. The fraction of sp³-hybridized carbons (Fsp3) is 0.222. The maximum atomic E-state index is 12.4. The first kappa shape index (κ1) is 17.0. The molecule has 0 aliphatic carbocycles. The summed E-state index contributed by atoms with van der Waals surface area (Å²) in [6.45, 7) is 3.86. The molecule has 23 heavy (non-hydrogen) atoms. The summed E-state index contributed by atoms with van der Waals surface area (Å²) in [5, 5.41) is 3.27. The van der Waals surface area contributed by atoms with Gasteiger partial charge >= 0.3 is 5.97 Å². The lowest BCUT2D eigenvalue weighted by molar-refractivity contribution is -0.135. The fourth-order valence-electron chi connectivity index (χ4n) is 2.01. The first-order chi connectivity index (χ1) is 11.0. The largest absolute Gasteiger partial charge is 0.426 e. The lowest BCUT2D eigenvalue weighted by Gasteiger charge is -2.11. The third-order valence-corrected chi connectivity index (χ3v) is 3.25. The number of esters is 1. The molecule has 0 atom stereocenters. The van der Waals surface area contributed by atoms with Crippen LogP contribution in [0.5, 0.6) is 5.75 Å². The molecular weight excluding hydrogens is 314 g/mol. The zero-order valence-corrected chi connectivity index (χ0v) is 13.8. The minimum absolute atomic E-state index is 0.190. The number of carbonyl (C=O) groups excluding carboxylic acids is 2. The van der Waals surface area contributed by atoms with Crippen molar-refractivity contribution in [2.24, 2.45) is 5.92 Å². The van der Waals surface area contributed by atoms with Gasteiger partial charge in [0.25, 0.3) is 5.91 Å². The van der Waals surface area contributed by atoms with Gasteiger partial charge in [-0.25, -0.2) is 0 Å². The molecule has 0 aliphatic rings. The normalized spacial score (nSPS) is 10.4. The van der Waals surface area contributed by atoms with E-state index in [-0.39, 0.29) is 23.5 Å². The van der Waals surface area contributed by atoms with Gasteiger partial charge in [0, 0.05) is 17.1 Å². The summed E-state index contributed by atoms with van der Waals surface area (Å²) < 4.78 is 5.31. The lowest BCUT2D eigenvalue weighted by Crippen LogP contribution is -2.16. The predicted octanol–water partition coefficient (Wildman–Crippen LogP) is 4.54. The van der Waals surface area contributed by atoms with Crippen LogP contribution in [0.15, 0.2) is 48.5 Å². The van der Waals surface area contributed by atoms with E-state index in [1.54, 1.807) is 48.5 Å². The van der Waals surface area contributed by atoms with Gasteiger partial charge in [-0.15, -0.1) is 0 Å². The minimum Gasteiger partial charge on any atom is -0.426 e. The monoisotopic (exact) mass is 331 g/mol. The van der Waals surface area contributed by atoms with Gasteiger partial charge in [0.2, 0.25) is 0 Å². The van der Waals surface area contributed by atoms with Gasteiger partial charge < -0.3 is 10.1 Å². The Balaban J connectivity index is 2.15. The van der Waals surface area contributed by atoms with Crippen molar-refractivity contribution < 1.29 is 14.3 Å². The van der Waals surface area contributed by atoms with E-state index in [1.807, 2.05) is 13.8 Å². The number of halogens is 1. The van der Waals surface area contributed by atoms with E-state index in [0.29, 0.717) is 22.7 Å². The molecule has 0 unspecified atom stereocenters. The molecule has 0 bridgehead atoms. The first-order valence-corrected chi connectivity index (χ1v) is 7.70. The quantitative estimate of drug-likeness (QED) is 0.646. The highest BCUT2D eigenvalue weighted by Crippen LogP contribution is 2.22. The van der Waals surface area contributed by atoms with E-state index >= 15 is 0 Å². The molecule has 0 fully saturated rings. The van der Waals surface area contributed by atoms with E-state index < -0.39 is 0 Å². The average molecular weight is 332 g/mol. The molecule has 0 aliphatic heterocycles. The molecule has 2 rings (SSSR count). The molecule has 0 saturated heterocycles. The molecule has 1 N–H and O–H groups in total. The van der Waals surface area contributed by atoms with Crippen molar-refractivity contribution in [2.45, 2.75) is 20.3 Å². The second kappa shape index (κ2) is 7.79. The molecule has 1 amide bonds. The maximum Gasteiger partial charge on any atom is 0.311 e. The van der Waals surface area contributed by atoms with Crippen LogP contribution in [0.4, 0.5) is 5.69 Å². The number of anilines is 1. The van der Waals surface area contributed by atoms with Crippen LogP contribution < -0.4 is 10.1 Å². The summed E-state index contributed by atoms with van der Waals surface area (Å²) in [5.74, 6) is -0.282.